The van der Waals surface area contributed by atoms with Gasteiger partial charge in [0.2, 0.25) is 0 Å². The predicted octanol–water partition coefficient (Wildman–Crippen LogP) is 0.0267. The van der Waals surface area contributed by atoms with Gasteiger partial charge in [0.05, 0.1) is 6.54 Å². The third-order valence-corrected chi connectivity index (χ3v) is 3.89. The lowest BCUT2D eigenvalue weighted by Crippen LogP contribution is -2.51. The fourth-order valence-corrected chi connectivity index (χ4v) is 2.96. The first-order chi connectivity index (χ1) is 9.66. The highest BCUT2D eigenvalue weighted by Gasteiger charge is 2.29. The Kier molecular flexibility index (Phi) is 5.19. The number of nitrogens with one attached hydrogen (secondary N) is 2. The van der Waals surface area contributed by atoms with Crippen molar-refractivity contribution in [3.05, 3.63) is 24.4 Å². The van der Waals surface area contributed by atoms with E-state index in [0.717, 1.165) is 5.75 Å². The van der Waals surface area contributed by atoms with Gasteiger partial charge >= 0.3 is 5.97 Å². The molecule has 0 aromatic carbocycles. The third kappa shape index (κ3) is 4.10. The molecular weight excluding hydrogens is 280 g/mol. The van der Waals surface area contributed by atoms with E-state index in [1.807, 2.05) is 0 Å². The van der Waals surface area contributed by atoms with Crippen molar-refractivity contribution in [3.63, 3.8) is 0 Å². The number of hydrogen-bond donors (Lipinski definition) is 3. The number of carboxylic acids is 1. The molecule has 1 aromatic heterocycles. The highest BCUT2D eigenvalue weighted by Crippen LogP contribution is 2.16. The van der Waals surface area contributed by atoms with E-state index in [9.17, 15) is 9.59 Å². The molecule has 1 saturated heterocycles. The average molecular weight is 296 g/mol. The zero-order chi connectivity index (χ0) is 14.4. The minimum absolute atomic E-state index is 0.0529. The molecule has 1 fully saturated rings. The largest absolute Gasteiger partial charge is 0.480 e. The van der Waals surface area contributed by atoms with Crippen molar-refractivity contribution in [1.29, 1.82) is 0 Å². The van der Waals surface area contributed by atoms with Crippen LogP contribution in [0.15, 0.2) is 24.4 Å². The number of thioether (sulfide) groups is 1. The molecule has 0 bridgehead atoms. The molecule has 0 aliphatic carbocycles. The van der Waals surface area contributed by atoms with Crippen LogP contribution in [0.1, 0.15) is 0 Å². The molecule has 1 aliphatic rings. The number of hydrazine groups is 1. The van der Waals surface area contributed by atoms with Crippen molar-refractivity contribution in [3.8, 4) is 0 Å². The first-order valence-corrected chi connectivity index (χ1v) is 7.33. The summed E-state index contributed by atoms with van der Waals surface area (Å²) in [6.07, 6.45) is 1.61. The summed E-state index contributed by atoms with van der Waals surface area (Å²) in [7, 11) is 0. The molecule has 8 heteroatoms. The van der Waals surface area contributed by atoms with Gasteiger partial charge in [0, 0.05) is 24.2 Å². The molecule has 0 saturated carbocycles. The molecule has 20 heavy (non-hydrogen) atoms. The van der Waals surface area contributed by atoms with Crippen molar-refractivity contribution in [2.75, 3.05) is 30.0 Å². The number of carboxylic acid groups (broad SMARTS) is 1. The second-order valence-corrected chi connectivity index (χ2v) is 5.44. The summed E-state index contributed by atoms with van der Waals surface area (Å²) >= 11 is 1.59. The maximum absolute atomic E-state index is 11.8. The minimum Gasteiger partial charge on any atom is -0.480 e. The molecule has 7 nitrogen and oxygen atoms in total. The van der Waals surface area contributed by atoms with Gasteiger partial charge in [0.1, 0.15) is 11.9 Å². The average Bonchev–Trinajstić information content (AvgIpc) is 2.46. The maximum Gasteiger partial charge on any atom is 0.321 e. The summed E-state index contributed by atoms with van der Waals surface area (Å²) in [5, 5.41) is 9.12. The summed E-state index contributed by atoms with van der Waals surface area (Å²) in [6, 6.07) is 4.69. The van der Waals surface area contributed by atoms with Crippen molar-refractivity contribution < 1.29 is 14.7 Å². The topological polar surface area (TPSA) is 94.6 Å². The van der Waals surface area contributed by atoms with Crippen LogP contribution in [0.3, 0.4) is 0 Å². The lowest BCUT2D eigenvalue weighted by atomic mass is 10.2. The van der Waals surface area contributed by atoms with Crippen LogP contribution in [-0.4, -0.2) is 57.5 Å². The molecule has 1 unspecified atom stereocenters. The summed E-state index contributed by atoms with van der Waals surface area (Å²) in [5.74, 6) is 0.711. The van der Waals surface area contributed by atoms with Crippen LogP contribution in [0.5, 0.6) is 0 Å². The Hall–Kier alpha value is -1.80. The van der Waals surface area contributed by atoms with Crippen molar-refractivity contribution in [1.82, 2.24) is 15.3 Å². The van der Waals surface area contributed by atoms with Crippen molar-refractivity contribution in [2.45, 2.75) is 6.04 Å². The van der Waals surface area contributed by atoms with Gasteiger partial charge in [-0.2, -0.15) is 11.8 Å². The number of amides is 1. The Morgan fingerprint density at radius 1 is 1.50 bits per heavy atom. The van der Waals surface area contributed by atoms with Crippen molar-refractivity contribution >= 4 is 29.5 Å². The molecule has 3 N–H and O–H groups in total. The first kappa shape index (κ1) is 14.6. The van der Waals surface area contributed by atoms with Crippen LogP contribution in [0, 0.1) is 0 Å². The highest BCUT2D eigenvalue weighted by atomic mass is 32.2. The Morgan fingerprint density at radius 2 is 2.35 bits per heavy atom. The highest BCUT2D eigenvalue weighted by molar-refractivity contribution is 7.99. The number of anilines is 1. The van der Waals surface area contributed by atoms with E-state index >= 15 is 0 Å². The Balaban J connectivity index is 1.82. The fraction of sp³-hybridized carbons (Fsp3) is 0.417. The van der Waals surface area contributed by atoms with Crippen LogP contribution in [0.2, 0.25) is 0 Å². The van der Waals surface area contributed by atoms with E-state index < -0.39 is 12.0 Å². The molecule has 0 spiro atoms. The van der Waals surface area contributed by atoms with E-state index in [-0.39, 0.29) is 12.5 Å². The molecule has 1 aromatic rings. The van der Waals surface area contributed by atoms with E-state index in [0.29, 0.717) is 18.1 Å². The normalized spacial score (nSPS) is 19.3. The van der Waals surface area contributed by atoms with Crippen molar-refractivity contribution in [2.24, 2.45) is 0 Å². The first-order valence-electron chi connectivity index (χ1n) is 6.17. The van der Waals surface area contributed by atoms with Gasteiger partial charge < -0.3 is 5.11 Å². The number of carbonyl (C=O) groups excluding carboxylic acids is 1. The second-order valence-electron chi connectivity index (χ2n) is 4.29. The summed E-state index contributed by atoms with van der Waals surface area (Å²) in [6.45, 7) is 0.649. The summed E-state index contributed by atoms with van der Waals surface area (Å²) < 4.78 is 0. The van der Waals surface area contributed by atoms with Crippen LogP contribution in [0.25, 0.3) is 0 Å². The van der Waals surface area contributed by atoms with E-state index in [2.05, 4.69) is 15.8 Å². The number of aliphatic carboxylic acids is 1. The van der Waals surface area contributed by atoms with Crippen LogP contribution in [0.4, 0.5) is 5.82 Å². The molecule has 2 heterocycles. The third-order valence-electron chi connectivity index (χ3n) is 2.87. The van der Waals surface area contributed by atoms with Crippen LogP contribution in [-0.2, 0) is 9.59 Å². The molecule has 108 valence electrons. The Morgan fingerprint density at radius 3 is 3.05 bits per heavy atom. The van der Waals surface area contributed by atoms with E-state index in [1.54, 1.807) is 41.1 Å². The smallest absolute Gasteiger partial charge is 0.321 e. The molecular formula is C12H16N4O3S. The zero-order valence-corrected chi connectivity index (χ0v) is 11.6. The summed E-state index contributed by atoms with van der Waals surface area (Å²) in [4.78, 5) is 28.6. The van der Waals surface area contributed by atoms with Gasteiger partial charge in [-0.05, 0) is 12.1 Å². The molecule has 1 amide bonds. The van der Waals surface area contributed by atoms with Gasteiger partial charge in [0.25, 0.3) is 5.91 Å². The molecule has 2 rings (SSSR count). The lowest BCUT2D eigenvalue weighted by Gasteiger charge is -2.31. The quantitative estimate of drug-likeness (QED) is 0.660. The van der Waals surface area contributed by atoms with Gasteiger partial charge in [0.15, 0.2) is 0 Å². The second kappa shape index (κ2) is 7.11. The van der Waals surface area contributed by atoms with Crippen LogP contribution >= 0.6 is 11.8 Å². The monoisotopic (exact) mass is 296 g/mol. The number of nitrogens with zero attached hydrogens (tertiary/aromatic N) is 2. The van der Waals surface area contributed by atoms with Gasteiger partial charge in [-0.3, -0.25) is 25.3 Å². The SMILES string of the molecule is O=C(CN1CCSCC1C(=O)O)NNc1ccccn1. The minimum atomic E-state index is -0.886. The maximum atomic E-state index is 11.8. The standard InChI is InChI=1S/C12H16N4O3S/c17-11(15-14-10-3-1-2-4-13-10)7-16-5-6-20-8-9(16)12(18)19/h1-4,9H,5-8H2,(H,13,14)(H,15,17)(H,18,19). The molecule has 0 radical (unpaired) electrons. The van der Waals surface area contributed by atoms with Gasteiger partial charge in [-0.1, -0.05) is 6.07 Å². The molecule has 1 aliphatic heterocycles. The molecule has 1 atom stereocenters. The summed E-state index contributed by atoms with van der Waals surface area (Å²) in [5.41, 5.74) is 5.20. The zero-order valence-electron chi connectivity index (χ0n) is 10.8. The predicted molar refractivity (Wildman–Crippen MR) is 76.3 cm³/mol. The Labute approximate surface area is 120 Å². The van der Waals surface area contributed by atoms with Crippen LogP contribution < -0.4 is 10.9 Å². The number of rotatable bonds is 5. The van der Waals surface area contributed by atoms with Gasteiger partial charge in [-0.15, -0.1) is 0 Å². The number of carbonyl (C=O) groups is 2. The number of aromatic nitrogens is 1. The number of hydrogen-bond acceptors (Lipinski definition) is 6. The Bertz CT molecular complexity index is 471. The fourth-order valence-electron chi connectivity index (χ4n) is 1.85. The van der Waals surface area contributed by atoms with Gasteiger partial charge in [-0.25, -0.2) is 4.98 Å². The lowest BCUT2D eigenvalue weighted by molar-refractivity contribution is -0.143. The number of pyridine rings is 1. The van der Waals surface area contributed by atoms with E-state index in [4.69, 9.17) is 5.11 Å². The van der Waals surface area contributed by atoms with E-state index in [1.165, 1.54) is 0 Å².